The standard InChI is InChI=1S/C14H13NO3/c1-3-10-11-6-5-9(18-8-14(16)17)7-13(11)15-12(10)4-2/h3-7,15H,1-2,8H2,(H,16,17). The predicted molar refractivity (Wildman–Crippen MR) is 71.6 cm³/mol. The number of aromatic amines is 1. The molecule has 0 aliphatic rings. The largest absolute Gasteiger partial charge is 0.482 e. The number of nitrogens with one attached hydrogen (secondary N) is 1. The molecule has 0 unspecified atom stereocenters. The van der Waals surface area contributed by atoms with Crippen LogP contribution in [0.2, 0.25) is 0 Å². The van der Waals surface area contributed by atoms with E-state index in [-0.39, 0.29) is 6.61 Å². The van der Waals surface area contributed by atoms with Gasteiger partial charge in [-0.2, -0.15) is 0 Å². The van der Waals surface area contributed by atoms with Crippen LogP contribution < -0.4 is 4.74 Å². The highest BCUT2D eigenvalue weighted by Crippen LogP contribution is 2.27. The van der Waals surface area contributed by atoms with Crippen LogP contribution in [0, 0.1) is 0 Å². The smallest absolute Gasteiger partial charge is 0.341 e. The summed E-state index contributed by atoms with van der Waals surface area (Å²) in [6.07, 6.45) is 3.47. The number of fused-ring (bicyclic) bond motifs is 1. The molecule has 92 valence electrons. The second-order valence-electron chi connectivity index (χ2n) is 3.75. The van der Waals surface area contributed by atoms with E-state index in [1.165, 1.54) is 0 Å². The van der Waals surface area contributed by atoms with Crippen LogP contribution in [0.15, 0.2) is 31.4 Å². The first-order valence-electron chi connectivity index (χ1n) is 5.41. The summed E-state index contributed by atoms with van der Waals surface area (Å²) in [5.74, 6) is -0.488. The fraction of sp³-hybridized carbons (Fsp3) is 0.0714. The van der Waals surface area contributed by atoms with Crippen LogP contribution in [0.4, 0.5) is 0 Å². The van der Waals surface area contributed by atoms with E-state index in [2.05, 4.69) is 18.1 Å². The number of benzene rings is 1. The number of rotatable bonds is 5. The maximum atomic E-state index is 10.4. The summed E-state index contributed by atoms with van der Waals surface area (Å²) in [6, 6.07) is 5.37. The molecular formula is C14H13NO3. The number of carboxylic acids is 1. The van der Waals surface area contributed by atoms with Crippen LogP contribution in [-0.2, 0) is 4.79 Å². The normalized spacial score (nSPS) is 10.2. The average molecular weight is 243 g/mol. The fourth-order valence-electron chi connectivity index (χ4n) is 1.83. The fourth-order valence-corrected chi connectivity index (χ4v) is 1.83. The molecule has 0 saturated heterocycles. The van der Waals surface area contributed by atoms with Crippen molar-refractivity contribution >= 4 is 29.0 Å². The molecule has 0 atom stereocenters. The SMILES string of the molecule is C=Cc1[nH]c2cc(OCC(=O)O)ccc2c1C=C. The highest BCUT2D eigenvalue weighted by Gasteiger charge is 2.08. The third-order valence-corrected chi connectivity index (χ3v) is 2.61. The predicted octanol–water partition coefficient (Wildman–Crippen LogP) is 2.92. The van der Waals surface area contributed by atoms with Gasteiger partial charge in [-0.1, -0.05) is 19.2 Å². The number of H-pyrrole nitrogens is 1. The number of aromatic nitrogens is 1. The Morgan fingerprint density at radius 2 is 2.17 bits per heavy atom. The van der Waals surface area contributed by atoms with E-state index in [0.717, 1.165) is 22.2 Å². The van der Waals surface area contributed by atoms with Gasteiger partial charge in [-0.25, -0.2) is 4.79 Å². The Hall–Kier alpha value is -2.49. The summed E-state index contributed by atoms with van der Waals surface area (Å²) >= 11 is 0. The third kappa shape index (κ3) is 2.13. The summed E-state index contributed by atoms with van der Waals surface area (Å²) in [4.78, 5) is 13.6. The van der Waals surface area contributed by atoms with Gasteiger partial charge >= 0.3 is 5.97 Å². The molecule has 0 aliphatic carbocycles. The molecule has 0 radical (unpaired) electrons. The summed E-state index contributed by atoms with van der Waals surface area (Å²) in [5, 5.41) is 9.56. The van der Waals surface area contributed by atoms with Gasteiger partial charge in [-0.15, -0.1) is 0 Å². The lowest BCUT2D eigenvalue weighted by Crippen LogP contribution is -2.09. The van der Waals surface area contributed by atoms with E-state index in [4.69, 9.17) is 9.84 Å². The van der Waals surface area contributed by atoms with E-state index >= 15 is 0 Å². The van der Waals surface area contributed by atoms with Crippen LogP contribution in [0.3, 0.4) is 0 Å². The lowest BCUT2D eigenvalue weighted by molar-refractivity contribution is -0.139. The van der Waals surface area contributed by atoms with Crippen molar-refractivity contribution in [3.63, 3.8) is 0 Å². The molecule has 1 aromatic carbocycles. The van der Waals surface area contributed by atoms with Gasteiger partial charge < -0.3 is 14.8 Å². The lowest BCUT2D eigenvalue weighted by atomic mass is 10.1. The summed E-state index contributed by atoms with van der Waals surface area (Å²) in [6.45, 7) is 7.14. The van der Waals surface area contributed by atoms with Gasteiger partial charge in [0.15, 0.2) is 6.61 Å². The summed E-state index contributed by atoms with van der Waals surface area (Å²) in [7, 11) is 0. The number of aliphatic carboxylic acids is 1. The number of ether oxygens (including phenoxy) is 1. The molecule has 1 aromatic heterocycles. The molecule has 4 nitrogen and oxygen atoms in total. The first-order chi connectivity index (χ1) is 8.65. The van der Waals surface area contributed by atoms with Crippen LogP contribution in [-0.4, -0.2) is 22.7 Å². The number of carbonyl (C=O) groups is 1. The van der Waals surface area contributed by atoms with E-state index in [1.54, 1.807) is 24.3 Å². The molecule has 0 amide bonds. The van der Waals surface area contributed by atoms with Crippen molar-refractivity contribution in [2.45, 2.75) is 0 Å². The van der Waals surface area contributed by atoms with Crippen molar-refractivity contribution in [2.75, 3.05) is 6.61 Å². The first kappa shape index (κ1) is 12.0. The van der Waals surface area contributed by atoms with Gasteiger partial charge in [0.05, 0.1) is 5.52 Å². The Kier molecular flexibility index (Phi) is 3.19. The van der Waals surface area contributed by atoms with Crippen molar-refractivity contribution in [1.82, 2.24) is 4.98 Å². The van der Waals surface area contributed by atoms with Gasteiger partial charge in [0, 0.05) is 22.7 Å². The van der Waals surface area contributed by atoms with Crippen molar-refractivity contribution < 1.29 is 14.6 Å². The highest BCUT2D eigenvalue weighted by atomic mass is 16.5. The zero-order valence-corrected chi connectivity index (χ0v) is 9.77. The second-order valence-corrected chi connectivity index (χ2v) is 3.75. The Balaban J connectivity index is 2.43. The minimum Gasteiger partial charge on any atom is -0.482 e. The first-order valence-corrected chi connectivity index (χ1v) is 5.41. The van der Waals surface area contributed by atoms with E-state index in [1.807, 2.05) is 6.07 Å². The van der Waals surface area contributed by atoms with E-state index in [0.29, 0.717) is 5.75 Å². The molecule has 0 spiro atoms. The second kappa shape index (κ2) is 4.79. The number of hydrogen-bond donors (Lipinski definition) is 2. The highest BCUT2D eigenvalue weighted by molar-refractivity contribution is 5.93. The van der Waals surface area contributed by atoms with Gasteiger partial charge in [0.2, 0.25) is 0 Å². The van der Waals surface area contributed by atoms with Gasteiger partial charge in [0.25, 0.3) is 0 Å². The molecule has 0 fully saturated rings. The molecule has 2 rings (SSSR count). The maximum Gasteiger partial charge on any atom is 0.341 e. The Morgan fingerprint density at radius 1 is 1.39 bits per heavy atom. The van der Waals surface area contributed by atoms with Crippen molar-refractivity contribution in [3.05, 3.63) is 42.6 Å². The van der Waals surface area contributed by atoms with Crippen LogP contribution >= 0.6 is 0 Å². The summed E-state index contributed by atoms with van der Waals surface area (Å²) in [5.41, 5.74) is 2.72. The molecule has 1 heterocycles. The monoisotopic (exact) mass is 243 g/mol. The van der Waals surface area contributed by atoms with Gasteiger partial charge in [0.1, 0.15) is 5.75 Å². The topological polar surface area (TPSA) is 62.3 Å². The maximum absolute atomic E-state index is 10.4. The number of hydrogen-bond acceptors (Lipinski definition) is 2. The Bertz CT molecular complexity index is 625. The third-order valence-electron chi connectivity index (χ3n) is 2.61. The molecular weight excluding hydrogens is 230 g/mol. The molecule has 18 heavy (non-hydrogen) atoms. The van der Waals surface area contributed by atoms with Crippen molar-refractivity contribution in [2.24, 2.45) is 0 Å². The molecule has 0 saturated carbocycles. The number of carboxylic acid groups (broad SMARTS) is 1. The minimum atomic E-state index is -1.000. The minimum absolute atomic E-state index is 0.352. The van der Waals surface area contributed by atoms with Crippen molar-refractivity contribution in [3.8, 4) is 5.75 Å². The molecule has 2 N–H and O–H groups in total. The van der Waals surface area contributed by atoms with E-state index in [9.17, 15) is 4.79 Å². The Morgan fingerprint density at radius 3 is 2.78 bits per heavy atom. The van der Waals surface area contributed by atoms with E-state index < -0.39 is 5.97 Å². The zero-order chi connectivity index (χ0) is 13.1. The van der Waals surface area contributed by atoms with Crippen LogP contribution in [0.1, 0.15) is 11.3 Å². The zero-order valence-electron chi connectivity index (χ0n) is 9.77. The summed E-state index contributed by atoms with van der Waals surface area (Å²) < 4.78 is 5.12. The van der Waals surface area contributed by atoms with Crippen LogP contribution in [0.25, 0.3) is 23.1 Å². The van der Waals surface area contributed by atoms with Crippen LogP contribution in [0.5, 0.6) is 5.75 Å². The Labute approximate surface area is 104 Å². The van der Waals surface area contributed by atoms with Gasteiger partial charge in [-0.05, 0) is 18.2 Å². The molecule has 0 aliphatic heterocycles. The molecule has 2 aromatic rings. The van der Waals surface area contributed by atoms with Gasteiger partial charge in [-0.3, -0.25) is 0 Å². The average Bonchev–Trinajstić information content (AvgIpc) is 2.72. The molecule has 4 heteroatoms. The quantitative estimate of drug-likeness (QED) is 0.848. The molecule has 0 bridgehead atoms. The van der Waals surface area contributed by atoms with Crippen molar-refractivity contribution in [1.29, 1.82) is 0 Å². The lowest BCUT2D eigenvalue weighted by Gasteiger charge is -2.02.